The minimum atomic E-state index is -3.62. The molecule has 2 rings (SSSR count). The van der Waals surface area contributed by atoms with E-state index in [1.165, 1.54) is 7.05 Å². The van der Waals surface area contributed by atoms with Gasteiger partial charge in [0.2, 0.25) is 15.9 Å². The Bertz CT molecular complexity index is 721. The third kappa shape index (κ3) is 3.15. The average Bonchev–Trinajstić information content (AvgIpc) is 2.46. The van der Waals surface area contributed by atoms with E-state index in [-0.39, 0.29) is 23.8 Å². The minimum Gasteiger partial charge on any atom is -0.359 e. The molecule has 0 radical (unpaired) electrons. The predicted octanol–water partition coefficient (Wildman–Crippen LogP) is 1.25. The Morgan fingerprint density at radius 1 is 1.10 bits per heavy atom. The van der Waals surface area contributed by atoms with Crippen molar-refractivity contribution < 1.29 is 13.2 Å². The molecule has 0 spiro atoms. The molecular weight excluding hydrogens is 276 g/mol. The number of carbonyl (C=O) groups excluding carboxylic acids is 1. The van der Waals surface area contributed by atoms with Crippen LogP contribution in [0.1, 0.15) is 6.42 Å². The largest absolute Gasteiger partial charge is 0.359 e. The molecule has 2 aromatic carbocycles. The molecule has 5 nitrogen and oxygen atoms in total. The molecule has 0 aliphatic heterocycles. The van der Waals surface area contributed by atoms with Crippen LogP contribution in [0.25, 0.3) is 10.8 Å². The van der Waals surface area contributed by atoms with E-state index in [9.17, 15) is 13.2 Å². The van der Waals surface area contributed by atoms with E-state index in [1.807, 2.05) is 18.2 Å². The lowest BCUT2D eigenvalue weighted by atomic mass is 10.1. The van der Waals surface area contributed by atoms with Gasteiger partial charge in [0.25, 0.3) is 0 Å². The van der Waals surface area contributed by atoms with Gasteiger partial charge in [0.1, 0.15) is 0 Å². The molecule has 1 amide bonds. The van der Waals surface area contributed by atoms with Gasteiger partial charge in [-0.05, 0) is 11.5 Å². The normalized spacial score (nSPS) is 11.4. The first-order chi connectivity index (χ1) is 9.54. The number of rotatable bonds is 5. The zero-order valence-corrected chi connectivity index (χ0v) is 11.9. The number of fused-ring (bicyclic) bond motifs is 1. The lowest BCUT2D eigenvalue weighted by Crippen LogP contribution is -2.29. The quantitative estimate of drug-likeness (QED) is 0.871. The SMILES string of the molecule is CNC(=O)CCNS(=O)(=O)c1cccc2ccccc12. The molecule has 0 fully saturated rings. The van der Waals surface area contributed by atoms with Crippen LogP contribution in [0.4, 0.5) is 0 Å². The van der Waals surface area contributed by atoms with Gasteiger partial charge in [-0.3, -0.25) is 4.79 Å². The number of hydrogen-bond donors (Lipinski definition) is 2. The van der Waals surface area contributed by atoms with Gasteiger partial charge in [-0.2, -0.15) is 0 Å². The van der Waals surface area contributed by atoms with Gasteiger partial charge < -0.3 is 5.32 Å². The van der Waals surface area contributed by atoms with E-state index in [1.54, 1.807) is 24.3 Å². The van der Waals surface area contributed by atoms with E-state index in [0.717, 1.165) is 5.39 Å². The molecule has 6 heteroatoms. The lowest BCUT2D eigenvalue weighted by molar-refractivity contribution is -0.120. The molecule has 0 aliphatic carbocycles. The van der Waals surface area contributed by atoms with Crippen LogP contribution in [-0.2, 0) is 14.8 Å². The van der Waals surface area contributed by atoms with Crippen LogP contribution < -0.4 is 10.0 Å². The molecule has 0 saturated heterocycles. The van der Waals surface area contributed by atoms with Gasteiger partial charge in [-0.25, -0.2) is 13.1 Å². The third-order valence-electron chi connectivity index (χ3n) is 2.96. The van der Waals surface area contributed by atoms with Crippen molar-refractivity contribution in [2.24, 2.45) is 0 Å². The predicted molar refractivity (Wildman–Crippen MR) is 77.8 cm³/mol. The molecule has 0 aromatic heterocycles. The topological polar surface area (TPSA) is 75.3 Å². The number of carbonyl (C=O) groups is 1. The van der Waals surface area contributed by atoms with Gasteiger partial charge >= 0.3 is 0 Å². The molecule has 0 atom stereocenters. The maximum absolute atomic E-state index is 12.3. The van der Waals surface area contributed by atoms with Crippen molar-refractivity contribution in [3.05, 3.63) is 42.5 Å². The minimum absolute atomic E-state index is 0.0746. The van der Waals surface area contributed by atoms with E-state index >= 15 is 0 Å². The van der Waals surface area contributed by atoms with Gasteiger partial charge in [0, 0.05) is 25.4 Å². The van der Waals surface area contributed by atoms with Crippen LogP contribution in [0.15, 0.2) is 47.4 Å². The number of benzene rings is 2. The van der Waals surface area contributed by atoms with E-state index < -0.39 is 10.0 Å². The van der Waals surface area contributed by atoms with Crippen molar-refractivity contribution >= 4 is 26.7 Å². The second-order valence-corrected chi connectivity index (χ2v) is 6.03. The third-order valence-corrected chi connectivity index (χ3v) is 4.48. The van der Waals surface area contributed by atoms with Crippen LogP contribution in [0.2, 0.25) is 0 Å². The Balaban J connectivity index is 2.26. The van der Waals surface area contributed by atoms with Gasteiger partial charge in [0.15, 0.2) is 0 Å². The summed E-state index contributed by atoms with van der Waals surface area (Å²) in [6.07, 6.45) is 0.112. The Hall–Kier alpha value is -1.92. The summed E-state index contributed by atoms with van der Waals surface area (Å²) in [4.78, 5) is 11.3. The fraction of sp³-hybridized carbons (Fsp3) is 0.214. The molecule has 0 heterocycles. The summed E-state index contributed by atoms with van der Waals surface area (Å²) in [6, 6.07) is 12.4. The van der Waals surface area contributed by atoms with Crippen LogP contribution in [0.3, 0.4) is 0 Å². The molecule has 106 valence electrons. The molecule has 2 N–H and O–H groups in total. The molecule has 0 bridgehead atoms. The molecule has 0 saturated carbocycles. The fourth-order valence-corrected chi connectivity index (χ4v) is 3.19. The molecule has 0 aliphatic rings. The Labute approximate surface area is 118 Å². The highest BCUT2D eigenvalue weighted by atomic mass is 32.2. The summed E-state index contributed by atoms with van der Waals surface area (Å²) < 4.78 is 27.0. The zero-order chi connectivity index (χ0) is 14.6. The van der Waals surface area contributed by atoms with E-state index in [4.69, 9.17) is 0 Å². The van der Waals surface area contributed by atoms with Crippen LogP contribution in [-0.4, -0.2) is 27.9 Å². The highest BCUT2D eigenvalue weighted by Gasteiger charge is 2.16. The summed E-state index contributed by atoms with van der Waals surface area (Å²) in [5, 5.41) is 3.98. The first-order valence-electron chi connectivity index (χ1n) is 6.22. The van der Waals surface area contributed by atoms with Gasteiger partial charge in [0.05, 0.1) is 4.90 Å². The number of nitrogens with one attached hydrogen (secondary N) is 2. The zero-order valence-electron chi connectivity index (χ0n) is 11.1. The van der Waals surface area contributed by atoms with Crippen LogP contribution >= 0.6 is 0 Å². The number of sulfonamides is 1. The number of hydrogen-bond acceptors (Lipinski definition) is 3. The maximum atomic E-state index is 12.3. The summed E-state index contributed by atoms with van der Waals surface area (Å²) in [5.41, 5.74) is 0. The fourth-order valence-electron chi connectivity index (χ4n) is 1.93. The van der Waals surface area contributed by atoms with Crippen molar-refractivity contribution in [2.45, 2.75) is 11.3 Å². The molecular formula is C14H16N2O3S. The van der Waals surface area contributed by atoms with Crippen molar-refractivity contribution in [1.82, 2.24) is 10.0 Å². The summed E-state index contributed by atoms with van der Waals surface area (Å²) >= 11 is 0. The highest BCUT2D eigenvalue weighted by molar-refractivity contribution is 7.89. The standard InChI is InChI=1S/C14H16N2O3S/c1-15-14(17)9-10-16-20(18,19)13-8-4-6-11-5-2-3-7-12(11)13/h2-8,16H,9-10H2,1H3,(H,15,17). The monoisotopic (exact) mass is 292 g/mol. The molecule has 0 unspecified atom stereocenters. The Kier molecular flexibility index (Phi) is 4.36. The Morgan fingerprint density at radius 2 is 1.80 bits per heavy atom. The first kappa shape index (κ1) is 14.5. The van der Waals surface area contributed by atoms with Crippen LogP contribution in [0, 0.1) is 0 Å². The second kappa shape index (κ2) is 6.02. The average molecular weight is 292 g/mol. The summed E-state index contributed by atoms with van der Waals surface area (Å²) in [7, 11) is -2.11. The Morgan fingerprint density at radius 3 is 2.55 bits per heavy atom. The van der Waals surface area contributed by atoms with Gasteiger partial charge in [-0.15, -0.1) is 0 Å². The first-order valence-corrected chi connectivity index (χ1v) is 7.71. The van der Waals surface area contributed by atoms with Crippen molar-refractivity contribution in [2.75, 3.05) is 13.6 Å². The van der Waals surface area contributed by atoms with E-state index in [0.29, 0.717) is 5.39 Å². The van der Waals surface area contributed by atoms with Crippen molar-refractivity contribution in [3.63, 3.8) is 0 Å². The molecule has 2 aromatic rings. The number of amides is 1. The highest BCUT2D eigenvalue weighted by Crippen LogP contribution is 2.22. The van der Waals surface area contributed by atoms with Gasteiger partial charge in [-0.1, -0.05) is 36.4 Å². The lowest BCUT2D eigenvalue weighted by Gasteiger charge is -2.09. The van der Waals surface area contributed by atoms with Crippen LogP contribution in [0.5, 0.6) is 0 Å². The molecule has 20 heavy (non-hydrogen) atoms. The van der Waals surface area contributed by atoms with Crippen molar-refractivity contribution in [1.29, 1.82) is 0 Å². The summed E-state index contributed by atoms with van der Waals surface area (Å²) in [6.45, 7) is 0.0746. The van der Waals surface area contributed by atoms with Crippen molar-refractivity contribution in [3.8, 4) is 0 Å². The smallest absolute Gasteiger partial charge is 0.241 e. The van der Waals surface area contributed by atoms with E-state index in [2.05, 4.69) is 10.0 Å². The maximum Gasteiger partial charge on any atom is 0.241 e. The second-order valence-electron chi connectivity index (χ2n) is 4.30. The summed E-state index contributed by atoms with van der Waals surface area (Å²) in [5.74, 6) is -0.203.